The van der Waals surface area contributed by atoms with Crippen molar-refractivity contribution >= 4 is 62.2 Å². The number of nitrogens with zero attached hydrogens (tertiary/aromatic N) is 2. The van der Waals surface area contributed by atoms with Gasteiger partial charge in [-0.2, -0.15) is 5.10 Å². The molecule has 23 heavy (non-hydrogen) atoms. The van der Waals surface area contributed by atoms with Crippen molar-refractivity contribution in [1.29, 1.82) is 0 Å². The summed E-state index contributed by atoms with van der Waals surface area (Å²) in [5.41, 5.74) is 0.758. The molecule has 8 heteroatoms. The van der Waals surface area contributed by atoms with Gasteiger partial charge in [-0.15, -0.1) is 11.3 Å². The van der Waals surface area contributed by atoms with Gasteiger partial charge in [0.25, 0.3) is 5.91 Å². The van der Waals surface area contributed by atoms with Crippen LogP contribution in [0.1, 0.15) is 15.2 Å². The molecule has 0 aliphatic carbocycles. The third-order valence-corrected chi connectivity index (χ3v) is 5.46. The van der Waals surface area contributed by atoms with E-state index >= 15 is 0 Å². The molecule has 2 heterocycles. The van der Waals surface area contributed by atoms with Crippen molar-refractivity contribution in [2.24, 2.45) is 0 Å². The second-order valence-corrected chi connectivity index (χ2v) is 7.91. The molecular weight excluding hydrogens is 421 g/mol. The molecular formula is C15H10BrCl2N3OS. The van der Waals surface area contributed by atoms with E-state index in [2.05, 4.69) is 26.3 Å². The number of benzene rings is 1. The van der Waals surface area contributed by atoms with Gasteiger partial charge in [0, 0.05) is 21.7 Å². The minimum Gasteiger partial charge on any atom is -0.306 e. The lowest BCUT2D eigenvalue weighted by molar-refractivity contribution is 0.102. The van der Waals surface area contributed by atoms with Crippen LogP contribution in [-0.4, -0.2) is 15.7 Å². The van der Waals surface area contributed by atoms with E-state index in [-0.39, 0.29) is 5.91 Å². The van der Waals surface area contributed by atoms with Gasteiger partial charge < -0.3 is 5.32 Å². The Bertz CT molecular complexity index is 842. The first-order valence-electron chi connectivity index (χ1n) is 6.56. The van der Waals surface area contributed by atoms with Gasteiger partial charge in [-0.1, -0.05) is 29.3 Å². The Labute approximate surface area is 155 Å². The number of anilines is 1. The molecule has 0 saturated heterocycles. The summed E-state index contributed by atoms with van der Waals surface area (Å²) in [4.78, 5) is 12.9. The lowest BCUT2D eigenvalue weighted by Gasteiger charge is -2.11. The minimum atomic E-state index is -0.187. The fourth-order valence-electron chi connectivity index (χ4n) is 2.01. The quantitative estimate of drug-likeness (QED) is 0.609. The largest absolute Gasteiger partial charge is 0.306 e. The Balaban J connectivity index is 1.81. The lowest BCUT2D eigenvalue weighted by Crippen LogP contribution is -2.15. The van der Waals surface area contributed by atoms with E-state index in [1.165, 1.54) is 11.3 Å². The molecule has 4 nitrogen and oxygen atoms in total. The molecule has 1 amide bonds. The maximum absolute atomic E-state index is 12.2. The fraction of sp³-hybridized carbons (Fsp3) is 0.0667. The van der Waals surface area contributed by atoms with Crippen molar-refractivity contribution in [1.82, 2.24) is 9.78 Å². The molecule has 0 aliphatic rings. The number of hydrogen-bond acceptors (Lipinski definition) is 3. The summed E-state index contributed by atoms with van der Waals surface area (Å²) in [6, 6.07) is 10.7. The maximum Gasteiger partial charge on any atom is 0.266 e. The summed E-state index contributed by atoms with van der Waals surface area (Å²) in [5, 5.41) is 8.19. The van der Waals surface area contributed by atoms with Gasteiger partial charge in [-0.3, -0.25) is 4.79 Å². The van der Waals surface area contributed by atoms with Crippen molar-refractivity contribution < 1.29 is 4.79 Å². The van der Waals surface area contributed by atoms with Gasteiger partial charge >= 0.3 is 0 Å². The molecule has 3 aromatic rings. The first kappa shape index (κ1) is 16.5. The maximum atomic E-state index is 12.2. The molecule has 1 aromatic carbocycles. The van der Waals surface area contributed by atoms with Crippen LogP contribution in [0.4, 0.5) is 5.82 Å². The summed E-state index contributed by atoms with van der Waals surface area (Å²) in [6.07, 6.45) is 1.62. The van der Waals surface area contributed by atoms with Crippen LogP contribution in [0.2, 0.25) is 10.0 Å². The van der Waals surface area contributed by atoms with Crippen molar-refractivity contribution in [2.45, 2.75) is 6.54 Å². The first-order valence-corrected chi connectivity index (χ1v) is 8.92. The molecule has 0 saturated carbocycles. The molecule has 0 fully saturated rings. The Morgan fingerprint density at radius 1 is 1.22 bits per heavy atom. The molecule has 0 unspecified atom stereocenters. The van der Waals surface area contributed by atoms with Crippen LogP contribution in [0.15, 0.2) is 46.4 Å². The molecule has 2 aromatic heterocycles. The van der Waals surface area contributed by atoms with Gasteiger partial charge in [0.15, 0.2) is 0 Å². The Morgan fingerprint density at radius 3 is 2.61 bits per heavy atom. The second kappa shape index (κ2) is 7.05. The van der Waals surface area contributed by atoms with Gasteiger partial charge in [-0.25, -0.2) is 4.68 Å². The van der Waals surface area contributed by atoms with Crippen molar-refractivity contribution in [3.8, 4) is 0 Å². The highest BCUT2D eigenvalue weighted by Crippen LogP contribution is 2.26. The zero-order chi connectivity index (χ0) is 16.4. The number of carbonyl (C=O) groups is 1. The molecule has 1 N–H and O–H groups in total. The van der Waals surface area contributed by atoms with E-state index in [1.54, 1.807) is 41.2 Å². The number of halogens is 3. The predicted octanol–water partition coefficient (Wildman–Crippen LogP) is 5.31. The first-order chi connectivity index (χ1) is 11.0. The zero-order valence-corrected chi connectivity index (χ0v) is 15.5. The highest BCUT2D eigenvalue weighted by molar-refractivity contribution is 9.11. The molecule has 3 rings (SSSR count). The SMILES string of the molecule is O=C(Nc1ccnn1Cc1c(Cl)cccc1Cl)c1ccc(Br)s1. The van der Waals surface area contributed by atoms with Crippen LogP contribution < -0.4 is 5.32 Å². The van der Waals surface area contributed by atoms with Crippen LogP contribution >= 0.6 is 50.5 Å². The van der Waals surface area contributed by atoms with E-state index in [9.17, 15) is 4.79 Å². The Hall–Kier alpha value is -1.34. The molecule has 0 spiro atoms. The van der Waals surface area contributed by atoms with E-state index in [4.69, 9.17) is 23.2 Å². The molecule has 0 radical (unpaired) electrons. The van der Waals surface area contributed by atoms with E-state index < -0.39 is 0 Å². The van der Waals surface area contributed by atoms with Gasteiger partial charge in [0.1, 0.15) is 5.82 Å². The summed E-state index contributed by atoms with van der Waals surface area (Å²) < 4.78 is 2.55. The molecule has 0 atom stereocenters. The summed E-state index contributed by atoms with van der Waals surface area (Å²) >= 11 is 17.1. The fourth-order valence-corrected chi connectivity index (χ4v) is 3.81. The number of amides is 1. The van der Waals surface area contributed by atoms with Gasteiger partial charge in [-0.05, 0) is 40.2 Å². The average molecular weight is 431 g/mol. The highest BCUT2D eigenvalue weighted by Gasteiger charge is 2.13. The molecule has 0 bridgehead atoms. The zero-order valence-electron chi connectivity index (χ0n) is 11.6. The standard InChI is InChI=1S/C15H10BrCl2N3OS/c16-13-5-4-12(23-13)15(22)20-14-6-7-19-21(14)8-9-10(17)2-1-3-11(9)18/h1-7H,8H2,(H,20,22). The van der Waals surface area contributed by atoms with Crippen LogP contribution in [-0.2, 0) is 6.54 Å². The van der Waals surface area contributed by atoms with Crippen molar-refractivity contribution in [2.75, 3.05) is 5.32 Å². The number of hydrogen-bond donors (Lipinski definition) is 1. The lowest BCUT2D eigenvalue weighted by atomic mass is 10.2. The van der Waals surface area contributed by atoms with Crippen molar-refractivity contribution in [3.05, 3.63) is 66.9 Å². The van der Waals surface area contributed by atoms with E-state index in [1.807, 2.05) is 6.07 Å². The Kier molecular flexibility index (Phi) is 5.06. The van der Waals surface area contributed by atoms with Crippen molar-refractivity contribution in [3.63, 3.8) is 0 Å². The minimum absolute atomic E-state index is 0.187. The monoisotopic (exact) mass is 429 g/mol. The second-order valence-electron chi connectivity index (χ2n) is 4.63. The van der Waals surface area contributed by atoms with Crippen LogP contribution in [0, 0.1) is 0 Å². The molecule has 118 valence electrons. The topological polar surface area (TPSA) is 46.9 Å². The number of thiophene rings is 1. The van der Waals surface area contributed by atoms with Gasteiger partial charge in [0.05, 0.1) is 21.4 Å². The number of nitrogens with one attached hydrogen (secondary N) is 1. The van der Waals surface area contributed by atoms with Gasteiger partial charge in [0.2, 0.25) is 0 Å². The summed E-state index contributed by atoms with van der Waals surface area (Å²) in [6.45, 7) is 0.370. The van der Waals surface area contributed by atoms with E-state index in [0.717, 1.165) is 9.35 Å². The van der Waals surface area contributed by atoms with Crippen LogP contribution in [0.3, 0.4) is 0 Å². The average Bonchev–Trinajstić information content (AvgIpc) is 3.12. The normalized spacial score (nSPS) is 10.7. The van der Waals surface area contributed by atoms with E-state index in [0.29, 0.717) is 27.3 Å². The van der Waals surface area contributed by atoms with Crippen LogP contribution in [0.25, 0.3) is 0 Å². The predicted molar refractivity (Wildman–Crippen MR) is 97.8 cm³/mol. The highest BCUT2D eigenvalue weighted by atomic mass is 79.9. The Morgan fingerprint density at radius 2 is 1.96 bits per heavy atom. The van der Waals surface area contributed by atoms with Crippen LogP contribution in [0.5, 0.6) is 0 Å². The number of aromatic nitrogens is 2. The third kappa shape index (κ3) is 3.77. The third-order valence-electron chi connectivity index (χ3n) is 3.12. The molecule has 0 aliphatic heterocycles. The number of carbonyl (C=O) groups excluding carboxylic acids is 1. The summed E-state index contributed by atoms with van der Waals surface area (Å²) in [5.74, 6) is 0.392. The smallest absolute Gasteiger partial charge is 0.266 e. The number of rotatable bonds is 4. The summed E-state index contributed by atoms with van der Waals surface area (Å²) in [7, 11) is 0.